The van der Waals surface area contributed by atoms with Crippen molar-refractivity contribution in [2.24, 2.45) is 5.73 Å². The highest BCUT2D eigenvalue weighted by Gasteiger charge is 2.39. The standard InChI is InChI=1S/C19H22N4O2/c1-21-18(24)17-8-12(20)10-23(17)19(25)14-9-16(11-6-7-11)22-15-5-3-2-4-13(14)15/h2-5,9,11-12,17H,6-8,10,20H2,1H3,(H,21,24)/t12-,17-/m0/s1. The molecule has 3 N–H and O–H groups in total. The number of nitrogens with two attached hydrogens (primary N) is 1. The number of rotatable bonds is 3. The summed E-state index contributed by atoms with van der Waals surface area (Å²) in [6.45, 7) is 0.395. The molecule has 1 aliphatic heterocycles. The van der Waals surface area contributed by atoms with Crippen molar-refractivity contribution in [1.29, 1.82) is 0 Å². The van der Waals surface area contributed by atoms with Crippen LogP contribution >= 0.6 is 0 Å². The lowest BCUT2D eigenvalue weighted by Gasteiger charge is -2.24. The summed E-state index contributed by atoms with van der Waals surface area (Å²) < 4.78 is 0. The summed E-state index contributed by atoms with van der Waals surface area (Å²) in [7, 11) is 1.59. The number of benzene rings is 1. The average Bonchev–Trinajstić information content (AvgIpc) is 3.41. The van der Waals surface area contributed by atoms with Crippen LogP contribution in [0.2, 0.25) is 0 Å². The molecule has 0 radical (unpaired) electrons. The molecule has 130 valence electrons. The van der Waals surface area contributed by atoms with E-state index < -0.39 is 6.04 Å². The third-order valence-corrected chi connectivity index (χ3v) is 5.11. The van der Waals surface area contributed by atoms with Crippen LogP contribution in [0.4, 0.5) is 0 Å². The van der Waals surface area contributed by atoms with Gasteiger partial charge in [0, 0.05) is 36.6 Å². The molecule has 1 aromatic carbocycles. The van der Waals surface area contributed by atoms with Crippen molar-refractivity contribution in [2.45, 2.75) is 37.3 Å². The van der Waals surface area contributed by atoms with Crippen LogP contribution < -0.4 is 11.1 Å². The number of hydrogen-bond donors (Lipinski definition) is 2. The number of hydrogen-bond acceptors (Lipinski definition) is 4. The molecule has 6 nitrogen and oxygen atoms in total. The molecule has 4 rings (SSSR count). The summed E-state index contributed by atoms with van der Waals surface area (Å²) >= 11 is 0. The average molecular weight is 338 g/mol. The maximum atomic E-state index is 13.3. The van der Waals surface area contributed by atoms with Gasteiger partial charge in [-0.05, 0) is 31.4 Å². The Labute approximate surface area is 146 Å². The molecule has 2 aliphatic rings. The molecule has 2 atom stereocenters. The summed E-state index contributed by atoms with van der Waals surface area (Å²) in [4.78, 5) is 31.8. The number of carbonyl (C=O) groups is 2. The van der Waals surface area contributed by atoms with Gasteiger partial charge in [-0.1, -0.05) is 18.2 Å². The van der Waals surface area contributed by atoms with Gasteiger partial charge in [0.15, 0.2) is 0 Å². The topological polar surface area (TPSA) is 88.3 Å². The van der Waals surface area contributed by atoms with Gasteiger partial charge in [-0.25, -0.2) is 0 Å². The van der Waals surface area contributed by atoms with Gasteiger partial charge < -0.3 is 16.0 Å². The van der Waals surface area contributed by atoms with Crippen molar-refractivity contribution >= 4 is 22.7 Å². The first-order valence-corrected chi connectivity index (χ1v) is 8.76. The third-order valence-electron chi connectivity index (χ3n) is 5.11. The molecule has 1 saturated heterocycles. The molecule has 1 aromatic heterocycles. The summed E-state index contributed by atoms with van der Waals surface area (Å²) in [5.41, 5.74) is 8.46. The van der Waals surface area contributed by atoms with Crippen LogP contribution in [0.1, 0.15) is 41.2 Å². The van der Waals surface area contributed by atoms with Crippen LogP contribution in [0.3, 0.4) is 0 Å². The van der Waals surface area contributed by atoms with Gasteiger partial charge in [0.05, 0.1) is 11.1 Å². The van der Waals surface area contributed by atoms with Crippen LogP contribution in [0.25, 0.3) is 10.9 Å². The van der Waals surface area contributed by atoms with Crippen molar-refractivity contribution in [3.05, 3.63) is 41.6 Å². The van der Waals surface area contributed by atoms with Crippen LogP contribution in [-0.2, 0) is 4.79 Å². The van der Waals surface area contributed by atoms with E-state index in [1.54, 1.807) is 11.9 Å². The van der Waals surface area contributed by atoms with Crippen molar-refractivity contribution in [3.8, 4) is 0 Å². The number of nitrogens with zero attached hydrogens (tertiary/aromatic N) is 2. The fourth-order valence-corrected chi connectivity index (χ4v) is 3.62. The van der Waals surface area contributed by atoms with Crippen LogP contribution in [0.15, 0.2) is 30.3 Å². The Bertz CT molecular complexity index is 846. The zero-order chi connectivity index (χ0) is 17.6. The molecule has 2 aromatic rings. The molecular weight excluding hydrogens is 316 g/mol. The second kappa shape index (κ2) is 6.11. The van der Waals surface area contributed by atoms with E-state index in [1.807, 2.05) is 30.3 Å². The monoisotopic (exact) mass is 338 g/mol. The first kappa shape index (κ1) is 16.0. The van der Waals surface area contributed by atoms with Gasteiger partial charge in [0.2, 0.25) is 5.91 Å². The maximum absolute atomic E-state index is 13.3. The zero-order valence-electron chi connectivity index (χ0n) is 14.2. The fourth-order valence-electron chi connectivity index (χ4n) is 3.62. The van der Waals surface area contributed by atoms with Crippen molar-refractivity contribution in [1.82, 2.24) is 15.2 Å². The van der Waals surface area contributed by atoms with Crippen molar-refractivity contribution in [2.75, 3.05) is 13.6 Å². The van der Waals surface area contributed by atoms with Gasteiger partial charge in [-0.2, -0.15) is 0 Å². The minimum atomic E-state index is -0.510. The summed E-state index contributed by atoms with van der Waals surface area (Å²) in [5.74, 6) is 0.149. The lowest BCUT2D eigenvalue weighted by atomic mass is 10.0. The number of aromatic nitrogens is 1. The van der Waals surface area contributed by atoms with Gasteiger partial charge in [0.1, 0.15) is 6.04 Å². The Kier molecular flexibility index (Phi) is 3.92. The van der Waals surface area contributed by atoms with Crippen LogP contribution in [0, 0.1) is 0 Å². The van der Waals surface area contributed by atoms with Gasteiger partial charge >= 0.3 is 0 Å². The third kappa shape index (κ3) is 2.87. The number of carbonyl (C=O) groups excluding carboxylic acids is 2. The molecule has 2 fully saturated rings. The highest BCUT2D eigenvalue weighted by Crippen LogP contribution is 2.40. The first-order chi connectivity index (χ1) is 12.1. The Morgan fingerprint density at radius 2 is 2.04 bits per heavy atom. The van der Waals surface area contributed by atoms with Crippen LogP contribution in [-0.4, -0.2) is 47.4 Å². The number of pyridine rings is 1. The second-order valence-electron chi connectivity index (χ2n) is 6.97. The largest absolute Gasteiger partial charge is 0.357 e. The van der Waals surface area contributed by atoms with E-state index in [9.17, 15) is 9.59 Å². The lowest BCUT2D eigenvalue weighted by Crippen LogP contribution is -2.45. The summed E-state index contributed by atoms with van der Waals surface area (Å²) in [6.07, 6.45) is 2.73. The van der Waals surface area contributed by atoms with E-state index in [1.165, 1.54) is 0 Å². The zero-order valence-corrected chi connectivity index (χ0v) is 14.2. The summed E-state index contributed by atoms with van der Waals surface area (Å²) in [6, 6.07) is 8.91. The molecule has 1 saturated carbocycles. The number of likely N-dealkylation sites (tertiary alicyclic amines) is 1. The number of para-hydroxylation sites is 1. The minimum absolute atomic E-state index is 0.137. The Morgan fingerprint density at radius 3 is 2.76 bits per heavy atom. The highest BCUT2D eigenvalue weighted by molar-refractivity contribution is 6.07. The van der Waals surface area contributed by atoms with Crippen LogP contribution in [0.5, 0.6) is 0 Å². The molecule has 25 heavy (non-hydrogen) atoms. The molecule has 0 bridgehead atoms. The lowest BCUT2D eigenvalue weighted by molar-refractivity contribution is -0.124. The maximum Gasteiger partial charge on any atom is 0.255 e. The van der Waals surface area contributed by atoms with E-state index in [0.717, 1.165) is 29.4 Å². The van der Waals surface area contributed by atoms with E-state index in [0.29, 0.717) is 24.4 Å². The molecule has 6 heteroatoms. The van der Waals surface area contributed by atoms with E-state index in [4.69, 9.17) is 10.7 Å². The Morgan fingerprint density at radius 1 is 1.28 bits per heavy atom. The number of likely N-dealkylation sites (N-methyl/N-ethyl adjacent to an activating group) is 1. The fraction of sp³-hybridized carbons (Fsp3) is 0.421. The predicted molar refractivity (Wildman–Crippen MR) is 95.2 cm³/mol. The smallest absolute Gasteiger partial charge is 0.255 e. The molecule has 0 spiro atoms. The number of fused-ring (bicyclic) bond motifs is 1. The highest BCUT2D eigenvalue weighted by atomic mass is 16.2. The Hall–Kier alpha value is -2.47. The van der Waals surface area contributed by atoms with E-state index in [2.05, 4.69) is 5.32 Å². The normalized spacial score (nSPS) is 23.0. The SMILES string of the molecule is CNC(=O)[C@@H]1C[C@H](N)CN1C(=O)c1cc(C2CC2)nc2ccccc12. The van der Waals surface area contributed by atoms with Gasteiger partial charge in [-0.15, -0.1) is 0 Å². The second-order valence-corrected chi connectivity index (χ2v) is 6.97. The van der Waals surface area contributed by atoms with Gasteiger partial charge in [-0.3, -0.25) is 14.6 Å². The minimum Gasteiger partial charge on any atom is -0.357 e. The Balaban J connectivity index is 1.77. The van der Waals surface area contributed by atoms with Crippen molar-refractivity contribution in [3.63, 3.8) is 0 Å². The molecule has 2 heterocycles. The van der Waals surface area contributed by atoms with Crippen molar-refractivity contribution < 1.29 is 9.59 Å². The number of amides is 2. The van der Waals surface area contributed by atoms with Gasteiger partial charge in [0.25, 0.3) is 5.91 Å². The quantitative estimate of drug-likeness (QED) is 0.885. The van der Waals surface area contributed by atoms with E-state index in [-0.39, 0.29) is 17.9 Å². The molecular formula is C19H22N4O2. The number of nitrogens with one attached hydrogen (secondary N) is 1. The molecule has 0 unspecified atom stereocenters. The molecule has 2 amide bonds. The predicted octanol–water partition coefficient (Wildman–Crippen LogP) is 1.40. The molecule has 1 aliphatic carbocycles. The van der Waals surface area contributed by atoms with E-state index >= 15 is 0 Å². The summed E-state index contributed by atoms with van der Waals surface area (Å²) in [5, 5.41) is 3.47. The first-order valence-electron chi connectivity index (χ1n) is 8.76.